The molecule has 2 N–H and O–H groups in total. The molecule has 0 spiro atoms. The second kappa shape index (κ2) is 5.62. The monoisotopic (exact) mass is 377 g/mol. The highest BCUT2D eigenvalue weighted by Crippen LogP contribution is 2.24. The number of hydrogen-bond acceptors (Lipinski definition) is 3. The van der Waals surface area contributed by atoms with E-state index in [9.17, 15) is 4.79 Å². The summed E-state index contributed by atoms with van der Waals surface area (Å²) in [7, 11) is 0. The van der Waals surface area contributed by atoms with Gasteiger partial charge in [0.1, 0.15) is 12.0 Å². The van der Waals surface area contributed by atoms with Gasteiger partial charge in [-0.25, -0.2) is 4.79 Å². The zero-order chi connectivity index (χ0) is 13.1. The lowest BCUT2D eigenvalue weighted by Crippen LogP contribution is -1.99. The Balaban J connectivity index is 2.04. The number of furan rings is 1. The average molecular weight is 378 g/mol. The highest BCUT2D eigenvalue weighted by atomic mass is 127. The van der Waals surface area contributed by atoms with Crippen LogP contribution in [0.15, 0.2) is 34.9 Å². The number of benzene rings is 1. The molecular weight excluding hydrogens is 368 g/mol. The van der Waals surface area contributed by atoms with Gasteiger partial charge in [0.25, 0.3) is 0 Å². The molecule has 0 aliphatic carbocycles. The summed E-state index contributed by atoms with van der Waals surface area (Å²) < 4.78 is 6.17. The number of rotatable bonds is 4. The molecule has 1 aromatic heterocycles. The maximum Gasteiger partial charge on any atom is 0.338 e. The summed E-state index contributed by atoms with van der Waals surface area (Å²) in [6.07, 6.45) is 1.22. The van der Waals surface area contributed by atoms with Crippen LogP contribution in [-0.2, 0) is 6.54 Å². The van der Waals surface area contributed by atoms with Crippen molar-refractivity contribution in [2.45, 2.75) is 6.54 Å². The van der Waals surface area contributed by atoms with E-state index in [1.807, 2.05) is 18.2 Å². The first-order valence-electron chi connectivity index (χ1n) is 5.06. The SMILES string of the molecule is O=C(O)c1coc(CNc2ccc(I)cc2Cl)c1. The van der Waals surface area contributed by atoms with Crippen LogP contribution in [0.5, 0.6) is 0 Å². The zero-order valence-electron chi connectivity index (χ0n) is 9.11. The third-order valence-corrected chi connectivity index (χ3v) is 3.27. The molecule has 18 heavy (non-hydrogen) atoms. The van der Waals surface area contributed by atoms with Crippen LogP contribution in [0.25, 0.3) is 0 Å². The summed E-state index contributed by atoms with van der Waals surface area (Å²) in [5.41, 5.74) is 0.922. The van der Waals surface area contributed by atoms with Crippen molar-refractivity contribution < 1.29 is 14.3 Å². The Hall–Kier alpha value is -1.21. The van der Waals surface area contributed by atoms with E-state index in [4.69, 9.17) is 21.1 Å². The summed E-state index contributed by atoms with van der Waals surface area (Å²) in [5.74, 6) is -0.459. The number of aromatic carboxylic acids is 1. The van der Waals surface area contributed by atoms with E-state index in [0.29, 0.717) is 17.3 Å². The van der Waals surface area contributed by atoms with Gasteiger partial charge in [-0.3, -0.25) is 0 Å². The highest BCUT2D eigenvalue weighted by Gasteiger charge is 2.08. The smallest absolute Gasteiger partial charge is 0.338 e. The fourth-order valence-corrected chi connectivity index (χ4v) is 2.32. The van der Waals surface area contributed by atoms with E-state index in [1.165, 1.54) is 12.3 Å². The first-order valence-corrected chi connectivity index (χ1v) is 6.51. The van der Waals surface area contributed by atoms with Gasteiger partial charge in [0.05, 0.1) is 22.8 Å². The van der Waals surface area contributed by atoms with Crippen LogP contribution in [0, 0.1) is 3.57 Å². The van der Waals surface area contributed by atoms with Crippen molar-refractivity contribution in [3.63, 3.8) is 0 Å². The number of carboxylic acid groups (broad SMARTS) is 1. The number of carbonyl (C=O) groups is 1. The predicted octanol–water partition coefficient (Wildman–Crippen LogP) is 3.85. The normalized spacial score (nSPS) is 10.3. The number of nitrogens with one attached hydrogen (secondary N) is 1. The highest BCUT2D eigenvalue weighted by molar-refractivity contribution is 14.1. The lowest BCUT2D eigenvalue weighted by atomic mass is 10.3. The molecule has 6 heteroatoms. The Morgan fingerprint density at radius 2 is 2.22 bits per heavy atom. The molecule has 0 unspecified atom stereocenters. The van der Waals surface area contributed by atoms with Gasteiger partial charge in [-0.1, -0.05) is 11.6 Å². The molecule has 0 aliphatic heterocycles. The van der Waals surface area contributed by atoms with Crippen LogP contribution in [-0.4, -0.2) is 11.1 Å². The van der Waals surface area contributed by atoms with Crippen LogP contribution in [0.4, 0.5) is 5.69 Å². The summed E-state index contributed by atoms with van der Waals surface area (Å²) >= 11 is 8.24. The average Bonchev–Trinajstić information content (AvgIpc) is 2.76. The standard InChI is InChI=1S/C12H9ClINO3/c13-10-4-8(14)1-2-11(10)15-5-9-3-7(6-18-9)12(16)17/h1-4,6,15H,5H2,(H,16,17). The van der Waals surface area contributed by atoms with Crippen molar-refractivity contribution in [2.24, 2.45) is 0 Å². The molecule has 2 aromatic rings. The third kappa shape index (κ3) is 3.17. The molecule has 0 saturated carbocycles. The molecule has 0 saturated heterocycles. The van der Waals surface area contributed by atoms with Crippen LogP contribution in [0.1, 0.15) is 16.1 Å². The van der Waals surface area contributed by atoms with Gasteiger partial charge < -0.3 is 14.8 Å². The molecule has 0 aliphatic rings. The van der Waals surface area contributed by atoms with E-state index >= 15 is 0 Å². The quantitative estimate of drug-likeness (QED) is 0.795. The minimum absolute atomic E-state index is 0.139. The molecule has 1 heterocycles. The summed E-state index contributed by atoms with van der Waals surface area (Å²) in [6.45, 7) is 0.383. The lowest BCUT2D eigenvalue weighted by molar-refractivity contribution is 0.0696. The number of halogens is 2. The van der Waals surface area contributed by atoms with Crippen molar-refractivity contribution >= 4 is 45.8 Å². The third-order valence-electron chi connectivity index (χ3n) is 2.28. The predicted molar refractivity (Wildman–Crippen MR) is 77.2 cm³/mol. The molecule has 4 nitrogen and oxygen atoms in total. The number of anilines is 1. The topological polar surface area (TPSA) is 62.5 Å². The Labute approximate surface area is 122 Å². The molecule has 0 amide bonds. The van der Waals surface area contributed by atoms with Crippen molar-refractivity contribution in [1.29, 1.82) is 0 Å². The first kappa shape index (κ1) is 13.2. The first-order chi connectivity index (χ1) is 8.56. The van der Waals surface area contributed by atoms with Gasteiger partial charge in [-0.15, -0.1) is 0 Å². The van der Waals surface area contributed by atoms with E-state index in [1.54, 1.807) is 0 Å². The second-order valence-corrected chi connectivity index (χ2v) is 5.24. The Kier molecular flexibility index (Phi) is 4.13. The maximum atomic E-state index is 10.7. The summed E-state index contributed by atoms with van der Waals surface area (Å²) in [4.78, 5) is 10.7. The van der Waals surface area contributed by atoms with Crippen molar-refractivity contribution in [2.75, 3.05) is 5.32 Å². The van der Waals surface area contributed by atoms with E-state index in [2.05, 4.69) is 27.9 Å². The van der Waals surface area contributed by atoms with Crippen LogP contribution >= 0.6 is 34.2 Å². The van der Waals surface area contributed by atoms with E-state index < -0.39 is 5.97 Å². The van der Waals surface area contributed by atoms with Crippen LogP contribution < -0.4 is 5.32 Å². The fraction of sp³-hybridized carbons (Fsp3) is 0.0833. The van der Waals surface area contributed by atoms with Gasteiger partial charge in [0.15, 0.2) is 0 Å². The molecule has 0 atom stereocenters. The minimum atomic E-state index is -1.00. The molecule has 94 valence electrons. The van der Waals surface area contributed by atoms with Crippen LogP contribution in [0.2, 0.25) is 5.02 Å². The maximum absolute atomic E-state index is 10.7. The Bertz CT molecular complexity index is 582. The zero-order valence-corrected chi connectivity index (χ0v) is 12.0. The number of carboxylic acids is 1. The molecule has 0 bridgehead atoms. The molecule has 1 aromatic carbocycles. The van der Waals surface area contributed by atoms with Crippen molar-refractivity contribution in [1.82, 2.24) is 0 Å². The summed E-state index contributed by atoms with van der Waals surface area (Å²) in [6, 6.07) is 7.12. The molecule has 2 rings (SSSR count). The van der Waals surface area contributed by atoms with Crippen LogP contribution in [0.3, 0.4) is 0 Å². The lowest BCUT2D eigenvalue weighted by Gasteiger charge is -2.06. The van der Waals surface area contributed by atoms with Crippen molar-refractivity contribution in [3.8, 4) is 0 Å². The second-order valence-electron chi connectivity index (χ2n) is 3.58. The summed E-state index contributed by atoms with van der Waals surface area (Å²) in [5, 5.41) is 12.5. The Morgan fingerprint density at radius 1 is 1.44 bits per heavy atom. The minimum Gasteiger partial charge on any atom is -0.478 e. The molecule has 0 fully saturated rings. The molecular formula is C12H9ClINO3. The van der Waals surface area contributed by atoms with Gasteiger partial charge in [-0.2, -0.15) is 0 Å². The van der Waals surface area contributed by atoms with Gasteiger partial charge in [0.2, 0.25) is 0 Å². The van der Waals surface area contributed by atoms with Crippen molar-refractivity contribution in [3.05, 3.63) is 50.4 Å². The molecule has 0 radical (unpaired) electrons. The van der Waals surface area contributed by atoms with E-state index in [-0.39, 0.29) is 5.56 Å². The number of hydrogen-bond donors (Lipinski definition) is 2. The van der Waals surface area contributed by atoms with Gasteiger partial charge >= 0.3 is 5.97 Å². The van der Waals surface area contributed by atoms with Gasteiger partial charge in [-0.05, 0) is 46.9 Å². The Morgan fingerprint density at radius 3 is 2.83 bits per heavy atom. The fourth-order valence-electron chi connectivity index (χ4n) is 1.40. The largest absolute Gasteiger partial charge is 0.478 e. The van der Waals surface area contributed by atoms with Gasteiger partial charge in [0, 0.05) is 3.57 Å². The van der Waals surface area contributed by atoms with E-state index in [0.717, 1.165) is 9.26 Å².